The number of nitrogens with zero attached hydrogens (tertiary/aromatic N) is 6. The summed E-state index contributed by atoms with van der Waals surface area (Å²) in [6.07, 6.45) is 2.27. The van der Waals surface area contributed by atoms with Crippen molar-refractivity contribution in [3.63, 3.8) is 0 Å². The Morgan fingerprint density at radius 1 is 1.03 bits per heavy atom. The molecule has 2 N–H and O–H groups in total. The van der Waals surface area contributed by atoms with E-state index < -0.39 is 11.6 Å². The molecule has 0 atom stereocenters. The Bertz CT molecular complexity index is 1580. The summed E-state index contributed by atoms with van der Waals surface area (Å²) in [7, 11) is 0. The molecular weight excluding hydrogens is 450 g/mol. The molecule has 0 aliphatic carbocycles. The van der Waals surface area contributed by atoms with Gasteiger partial charge >= 0.3 is 0 Å². The molecule has 1 fully saturated rings. The van der Waals surface area contributed by atoms with Gasteiger partial charge in [-0.25, -0.2) is 28.7 Å². The van der Waals surface area contributed by atoms with E-state index in [0.29, 0.717) is 22.9 Å². The highest BCUT2D eigenvalue weighted by Crippen LogP contribution is 2.31. The topological polar surface area (TPSA) is 87.6 Å². The van der Waals surface area contributed by atoms with E-state index in [0.717, 1.165) is 36.0 Å². The molecule has 10 heteroatoms. The summed E-state index contributed by atoms with van der Waals surface area (Å²) in [5, 5.41) is 3.01. The molecule has 8 nitrogen and oxygen atoms in total. The van der Waals surface area contributed by atoms with Crippen molar-refractivity contribution in [3.05, 3.63) is 54.0 Å². The molecule has 5 aromatic rings. The van der Waals surface area contributed by atoms with Crippen LogP contribution in [0.3, 0.4) is 0 Å². The van der Waals surface area contributed by atoms with Crippen molar-refractivity contribution in [1.29, 1.82) is 0 Å². The van der Waals surface area contributed by atoms with Crippen molar-refractivity contribution in [1.82, 2.24) is 29.5 Å². The lowest BCUT2D eigenvalue weighted by Gasteiger charge is -2.33. The summed E-state index contributed by atoms with van der Waals surface area (Å²) in [5.41, 5.74) is 3.97. The number of aryl methyl sites for hydroxylation is 1. The van der Waals surface area contributed by atoms with Crippen LogP contribution in [0.5, 0.6) is 0 Å². The van der Waals surface area contributed by atoms with Crippen LogP contribution in [-0.4, -0.2) is 42.6 Å². The molecule has 0 radical (unpaired) electrons. The fourth-order valence-corrected chi connectivity index (χ4v) is 4.62. The number of hydrogen-bond donors (Lipinski definition) is 2. The number of halogens is 2. The minimum atomic E-state index is -0.648. The number of fused-ring (bicyclic) bond motifs is 2. The highest BCUT2D eigenvalue weighted by atomic mass is 19.1. The maximum atomic E-state index is 14.9. The van der Waals surface area contributed by atoms with E-state index in [9.17, 15) is 8.78 Å². The number of aromatic nitrogens is 6. The monoisotopic (exact) mass is 474 g/mol. The zero-order valence-electron chi connectivity index (χ0n) is 19.6. The minimum absolute atomic E-state index is 0.00589. The average molecular weight is 475 g/mol. The van der Waals surface area contributed by atoms with Crippen molar-refractivity contribution in [2.24, 2.45) is 0 Å². The predicted molar refractivity (Wildman–Crippen MR) is 132 cm³/mol. The average Bonchev–Trinajstić information content (AvgIpc) is 3.33. The Balaban J connectivity index is 1.36. The molecule has 1 aliphatic rings. The fraction of sp³-hybridized carbons (Fsp3) is 0.280. The number of hydrogen-bond acceptors (Lipinski definition) is 6. The molecule has 1 aliphatic heterocycles. The number of H-pyrrole nitrogens is 1. The van der Waals surface area contributed by atoms with Crippen LogP contribution >= 0.6 is 0 Å². The van der Waals surface area contributed by atoms with Gasteiger partial charge in [-0.15, -0.1) is 0 Å². The molecule has 1 saturated heterocycles. The van der Waals surface area contributed by atoms with Crippen LogP contribution in [-0.2, 0) is 0 Å². The van der Waals surface area contributed by atoms with Gasteiger partial charge in [-0.3, -0.25) is 5.32 Å². The SMILES string of the molecule is Cc1nc2c(F)cc(-c3nc(Nc4nc5ccc(N6CCC6)cc5[nH]4)ncc3F)cc2n1C(C)C. The van der Waals surface area contributed by atoms with Crippen molar-refractivity contribution < 1.29 is 8.78 Å². The molecule has 0 bridgehead atoms. The van der Waals surface area contributed by atoms with Gasteiger partial charge in [0.1, 0.15) is 17.0 Å². The van der Waals surface area contributed by atoms with Crippen molar-refractivity contribution >= 4 is 39.7 Å². The number of imidazole rings is 2. The van der Waals surface area contributed by atoms with Gasteiger partial charge in [0.15, 0.2) is 11.6 Å². The van der Waals surface area contributed by atoms with Gasteiger partial charge in [0.25, 0.3) is 0 Å². The molecule has 0 unspecified atom stereocenters. The Labute approximate surface area is 200 Å². The normalized spacial score (nSPS) is 13.7. The predicted octanol–water partition coefficient (Wildman–Crippen LogP) is 5.49. The summed E-state index contributed by atoms with van der Waals surface area (Å²) in [4.78, 5) is 22.8. The molecule has 0 spiro atoms. The van der Waals surface area contributed by atoms with E-state index in [2.05, 4.69) is 41.2 Å². The molecule has 2 aromatic carbocycles. The molecule has 0 amide bonds. The van der Waals surface area contributed by atoms with Crippen LogP contribution in [0.25, 0.3) is 33.3 Å². The maximum Gasteiger partial charge on any atom is 0.230 e. The molecule has 35 heavy (non-hydrogen) atoms. The molecule has 3 aromatic heterocycles. The summed E-state index contributed by atoms with van der Waals surface area (Å²) in [6, 6.07) is 9.10. The van der Waals surface area contributed by atoms with E-state index in [4.69, 9.17) is 0 Å². The zero-order chi connectivity index (χ0) is 24.3. The highest BCUT2D eigenvalue weighted by Gasteiger charge is 2.19. The zero-order valence-corrected chi connectivity index (χ0v) is 19.6. The lowest BCUT2D eigenvalue weighted by molar-refractivity contribution is 0.600. The van der Waals surface area contributed by atoms with Gasteiger partial charge in [0.05, 0.1) is 22.7 Å². The standard InChI is InChI=1S/C25H24F2N8/c1-13(2)35-14(3)29-23-17(26)9-15(10-21(23)35)22-18(27)12-28-24(32-22)33-25-30-19-6-5-16(11-20(19)31-25)34-7-4-8-34/h5-6,9-13H,4,7-8H2,1-3H3,(H2,28,30,31,32,33). The summed E-state index contributed by atoms with van der Waals surface area (Å²) in [5.74, 6) is 0.109. The van der Waals surface area contributed by atoms with E-state index in [-0.39, 0.29) is 23.2 Å². The first-order valence-electron chi connectivity index (χ1n) is 11.6. The molecule has 4 heterocycles. The first-order valence-corrected chi connectivity index (χ1v) is 11.6. The van der Waals surface area contributed by atoms with Crippen molar-refractivity contribution in [2.45, 2.75) is 33.2 Å². The lowest BCUT2D eigenvalue weighted by Crippen LogP contribution is -2.36. The van der Waals surface area contributed by atoms with Gasteiger partial charge in [-0.05, 0) is 57.5 Å². The maximum absolute atomic E-state index is 14.9. The van der Waals surface area contributed by atoms with Gasteiger partial charge in [-0.2, -0.15) is 0 Å². The summed E-state index contributed by atoms with van der Waals surface area (Å²) >= 11 is 0. The second-order valence-electron chi connectivity index (χ2n) is 9.09. The number of rotatable bonds is 5. The Kier molecular flexibility index (Phi) is 4.91. The Morgan fingerprint density at radius 3 is 2.60 bits per heavy atom. The molecular formula is C25H24F2N8. The first kappa shape index (κ1) is 21.5. The summed E-state index contributed by atoms with van der Waals surface area (Å²) in [6.45, 7) is 7.92. The van der Waals surface area contributed by atoms with E-state index in [1.54, 1.807) is 6.07 Å². The van der Waals surface area contributed by atoms with E-state index in [1.807, 2.05) is 37.5 Å². The third kappa shape index (κ3) is 3.65. The molecule has 0 saturated carbocycles. The van der Waals surface area contributed by atoms with Gasteiger partial charge < -0.3 is 14.5 Å². The van der Waals surface area contributed by atoms with E-state index >= 15 is 0 Å². The quantitative estimate of drug-likeness (QED) is 0.350. The van der Waals surface area contributed by atoms with Crippen molar-refractivity contribution in [2.75, 3.05) is 23.3 Å². The van der Waals surface area contributed by atoms with Crippen molar-refractivity contribution in [3.8, 4) is 11.3 Å². The second kappa shape index (κ2) is 8.00. The highest BCUT2D eigenvalue weighted by molar-refractivity contribution is 5.84. The second-order valence-corrected chi connectivity index (χ2v) is 9.09. The Morgan fingerprint density at radius 2 is 1.86 bits per heavy atom. The number of benzene rings is 2. The largest absolute Gasteiger partial charge is 0.371 e. The minimum Gasteiger partial charge on any atom is -0.371 e. The van der Waals surface area contributed by atoms with E-state index in [1.165, 1.54) is 12.5 Å². The third-order valence-electron chi connectivity index (χ3n) is 6.38. The number of aromatic amines is 1. The van der Waals surface area contributed by atoms with Crippen LogP contribution in [0.2, 0.25) is 0 Å². The third-order valence-corrected chi connectivity index (χ3v) is 6.38. The van der Waals surface area contributed by atoms with Gasteiger partial charge in [0.2, 0.25) is 11.9 Å². The van der Waals surface area contributed by atoms with Crippen LogP contribution < -0.4 is 10.2 Å². The number of nitrogens with one attached hydrogen (secondary N) is 2. The first-order chi connectivity index (χ1) is 16.9. The van der Waals surface area contributed by atoms with Crippen LogP contribution in [0.4, 0.5) is 26.4 Å². The lowest BCUT2D eigenvalue weighted by atomic mass is 10.1. The molecule has 6 rings (SSSR count). The van der Waals surface area contributed by atoms with Crippen LogP contribution in [0.15, 0.2) is 36.5 Å². The smallest absolute Gasteiger partial charge is 0.230 e. The summed E-state index contributed by atoms with van der Waals surface area (Å²) < 4.78 is 31.6. The Hall–Kier alpha value is -4.08. The van der Waals surface area contributed by atoms with Crippen LogP contribution in [0, 0.1) is 18.6 Å². The van der Waals surface area contributed by atoms with Gasteiger partial charge in [-0.1, -0.05) is 0 Å². The molecule has 178 valence electrons. The van der Waals surface area contributed by atoms with Crippen LogP contribution in [0.1, 0.15) is 32.1 Å². The number of anilines is 3. The fourth-order valence-electron chi connectivity index (χ4n) is 4.62. The van der Waals surface area contributed by atoms with Gasteiger partial charge in [0, 0.05) is 30.4 Å².